The number of ether oxygens (including phenoxy) is 2. The van der Waals surface area contributed by atoms with Gasteiger partial charge in [0.25, 0.3) is 0 Å². The largest absolute Gasteiger partial charge is 0.507 e. The van der Waals surface area contributed by atoms with Gasteiger partial charge < -0.3 is 14.6 Å². The summed E-state index contributed by atoms with van der Waals surface area (Å²) >= 11 is 0. The number of nitrogens with zero attached hydrogens (tertiary/aromatic N) is 1. The molecule has 0 aliphatic heterocycles. The van der Waals surface area contributed by atoms with Gasteiger partial charge in [-0.05, 0) is 42.3 Å². The zero-order valence-corrected chi connectivity index (χ0v) is 13.7. The Morgan fingerprint density at radius 3 is 2.46 bits per heavy atom. The van der Waals surface area contributed by atoms with Crippen LogP contribution in [0.15, 0.2) is 47.6 Å². The number of nitrogens with one attached hydrogen (secondary N) is 1. The molecule has 0 atom stereocenters. The van der Waals surface area contributed by atoms with E-state index in [0.717, 1.165) is 11.3 Å². The Labute approximate surface area is 140 Å². The van der Waals surface area contributed by atoms with Crippen molar-refractivity contribution in [1.82, 2.24) is 5.43 Å². The molecule has 2 N–H and O–H groups in total. The third-order valence-electron chi connectivity index (χ3n) is 3.43. The molecule has 0 aromatic heterocycles. The van der Waals surface area contributed by atoms with Crippen LogP contribution in [0.4, 0.5) is 0 Å². The van der Waals surface area contributed by atoms with Crippen LogP contribution in [-0.2, 0) is 11.2 Å². The van der Waals surface area contributed by atoms with Crippen molar-refractivity contribution in [2.45, 2.75) is 12.8 Å². The molecule has 2 rings (SSSR count). The molecular weight excluding hydrogens is 308 g/mol. The van der Waals surface area contributed by atoms with E-state index in [-0.39, 0.29) is 11.7 Å². The summed E-state index contributed by atoms with van der Waals surface area (Å²) in [7, 11) is 3.15. The second-order valence-corrected chi connectivity index (χ2v) is 5.07. The number of aromatic hydroxyl groups is 1. The van der Waals surface area contributed by atoms with Crippen LogP contribution < -0.4 is 14.9 Å². The van der Waals surface area contributed by atoms with E-state index in [9.17, 15) is 9.90 Å². The molecule has 0 unspecified atom stereocenters. The molecule has 0 heterocycles. The standard InChI is InChI=1S/C18H20N2O4/c1-23-15-6-3-13(4-7-15)5-10-18(22)20-19-12-14-11-16(24-2)8-9-17(14)21/h3-4,6-9,11-12,21H,5,10H2,1-2H3,(H,20,22). The summed E-state index contributed by atoms with van der Waals surface area (Å²) in [5, 5.41) is 13.6. The minimum absolute atomic E-state index is 0.0621. The van der Waals surface area contributed by atoms with E-state index >= 15 is 0 Å². The van der Waals surface area contributed by atoms with Gasteiger partial charge in [-0.15, -0.1) is 0 Å². The molecule has 0 radical (unpaired) electrons. The smallest absolute Gasteiger partial charge is 0.240 e. The van der Waals surface area contributed by atoms with Crippen LogP contribution in [0.3, 0.4) is 0 Å². The first-order valence-electron chi connectivity index (χ1n) is 7.44. The Hall–Kier alpha value is -3.02. The maximum Gasteiger partial charge on any atom is 0.240 e. The SMILES string of the molecule is COc1ccc(CCC(=O)NN=Cc2cc(OC)ccc2O)cc1. The number of carbonyl (C=O) groups is 1. The molecule has 0 saturated heterocycles. The number of phenols is 1. The topological polar surface area (TPSA) is 80.2 Å². The lowest BCUT2D eigenvalue weighted by molar-refractivity contribution is -0.121. The molecule has 0 fully saturated rings. The fraction of sp³-hybridized carbons (Fsp3) is 0.222. The highest BCUT2D eigenvalue weighted by Crippen LogP contribution is 2.20. The fourth-order valence-corrected chi connectivity index (χ4v) is 2.04. The number of rotatable bonds is 7. The lowest BCUT2D eigenvalue weighted by Crippen LogP contribution is -2.17. The Kier molecular flexibility index (Phi) is 6.19. The van der Waals surface area contributed by atoms with Gasteiger partial charge in [-0.25, -0.2) is 5.43 Å². The van der Waals surface area contributed by atoms with Gasteiger partial charge in [0, 0.05) is 12.0 Å². The Morgan fingerprint density at radius 1 is 1.12 bits per heavy atom. The average molecular weight is 328 g/mol. The first kappa shape index (κ1) is 17.3. The third-order valence-corrected chi connectivity index (χ3v) is 3.43. The van der Waals surface area contributed by atoms with Crippen LogP contribution >= 0.6 is 0 Å². The Balaban J connectivity index is 1.84. The van der Waals surface area contributed by atoms with Crippen molar-refractivity contribution in [3.8, 4) is 17.2 Å². The molecule has 0 aliphatic rings. The molecule has 24 heavy (non-hydrogen) atoms. The first-order chi connectivity index (χ1) is 11.6. The van der Waals surface area contributed by atoms with Gasteiger partial charge >= 0.3 is 0 Å². The van der Waals surface area contributed by atoms with Gasteiger partial charge in [-0.3, -0.25) is 4.79 Å². The van der Waals surface area contributed by atoms with Gasteiger partial charge in [0.15, 0.2) is 0 Å². The molecule has 2 aromatic carbocycles. The van der Waals surface area contributed by atoms with Crippen molar-refractivity contribution in [3.05, 3.63) is 53.6 Å². The zero-order chi connectivity index (χ0) is 17.4. The summed E-state index contributed by atoms with van der Waals surface area (Å²) in [4.78, 5) is 11.8. The highest BCUT2D eigenvalue weighted by Gasteiger charge is 2.03. The van der Waals surface area contributed by atoms with E-state index in [4.69, 9.17) is 9.47 Å². The van der Waals surface area contributed by atoms with Crippen LogP contribution in [0.5, 0.6) is 17.2 Å². The minimum Gasteiger partial charge on any atom is -0.507 e. The number of methoxy groups -OCH3 is 2. The maximum absolute atomic E-state index is 11.8. The lowest BCUT2D eigenvalue weighted by atomic mass is 10.1. The summed E-state index contributed by atoms with van der Waals surface area (Å²) in [5.74, 6) is 1.24. The number of hydrogen-bond donors (Lipinski definition) is 2. The summed E-state index contributed by atoms with van der Waals surface area (Å²) in [6.07, 6.45) is 2.30. The molecule has 1 amide bonds. The second-order valence-electron chi connectivity index (χ2n) is 5.07. The fourth-order valence-electron chi connectivity index (χ4n) is 2.04. The molecule has 6 heteroatoms. The predicted octanol–water partition coefficient (Wildman–Crippen LogP) is 2.49. The predicted molar refractivity (Wildman–Crippen MR) is 91.7 cm³/mol. The molecule has 0 aliphatic carbocycles. The van der Waals surface area contributed by atoms with E-state index < -0.39 is 0 Å². The normalized spacial score (nSPS) is 10.6. The van der Waals surface area contributed by atoms with Crippen LogP contribution in [0.1, 0.15) is 17.5 Å². The molecule has 0 spiro atoms. The highest BCUT2D eigenvalue weighted by molar-refractivity contribution is 5.85. The van der Waals surface area contributed by atoms with Crippen molar-refractivity contribution in [1.29, 1.82) is 0 Å². The highest BCUT2D eigenvalue weighted by atomic mass is 16.5. The number of benzene rings is 2. The van der Waals surface area contributed by atoms with Crippen LogP contribution in [-0.4, -0.2) is 31.4 Å². The van der Waals surface area contributed by atoms with Gasteiger partial charge in [0.05, 0.1) is 20.4 Å². The van der Waals surface area contributed by atoms with Crippen molar-refractivity contribution < 1.29 is 19.4 Å². The van der Waals surface area contributed by atoms with E-state index in [1.807, 2.05) is 24.3 Å². The Morgan fingerprint density at radius 2 is 1.79 bits per heavy atom. The van der Waals surface area contributed by atoms with E-state index in [2.05, 4.69) is 10.5 Å². The summed E-state index contributed by atoms with van der Waals surface area (Å²) in [6, 6.07) is 12.3. The van der Waals surface area contributed by atoms with Crippen LogP contribution in [0.2, 0.25) is 0 Å². The van der Waals surface area contributed by atoms with Gasteiger partial charge in [-0.1, -0.05) is 12.1 Å². The lowest BCUT2D eigenvalue weighted by Gasteiger charge is -2.04. The number of aryl methyl sites for hydroxylation is 1. The molecule has 0 bridgehead atoms. The second kappa shape index (κ2) is 8.57. The van der Waals surface area contributed by atoms with E-state index in [1.165, 1.54) is 19.4 Å². The van der Waals surface area contributed by atoms with Gasteiger partial charge in [0.1, 0.15) is 17.2 Å². The van der Waals surface area contributed by atoms with Crippen molar-refractivity contribution in [2.24, 2.45) is 5.10 Å². The molecular formula is C18H20N2O4. The molecule has 6 nitrogen and oxygen atoms in total. The zero-order valence-electron chi connectivity index (χ0n) is 13.7. The molecule has 0 saturated carbocycles. The minimum atomic E-state index is -0.204. The Bertz CT molecular complexity index is 711. The maximum atomic E-state index is 11.8. The molecule has 126 valence electrons. The first-order valence-corrected chi connectivity index (χ1v) is 7.44. The van der Waals surface area contributed by atoms with Crippen molar-refractivity contribution in [2.75, 3.05) is 14.2 Å². The monoisotopic (exact) mass is 328 g/mol. The van der Waals surface area contributed by atoms with Crippen LogP contribution in [0.25, 0.3) is 0 Å². The summed E-state index contributed by atoms with van der Waals surface area (Å²) in [6.45, 7) is 0. The van der Waals surface area contributed by atoms with Gasteiger partial charge in [-0.2, -0.15) is 5.10 Å². The number of hydrogen-bond acceptors (Lipinski definition) is 5. The van der Waals surface area contributed by atoms with Gasteiger partial charge in [0.2, 0.25) is 5.91 Å². The summed E-state index contributed by atoms with van der Waals surface area (Å²) in [5.41, 5.74) is 3.95. The molecule has 2 aromatic rings. The third kappa shape index (κ3) is 5.01. The van der Waals surface area contributed by atoms with Crippen molar-refractivity contribution in [3.63, 3.8) is 0 Å². The quantitative estimate of drug-likeness (QED) is 0.604. The van der Waals surface area contributed by atoms with Crippen LogP contribution in [0, 0.1) is 0 Å². The average Bonchev–Trinajstić information content (AvgIpc) is 2.62. The number of phenolic OH excluding ortho intramolecular Hbond substituents is 1. The van der Waals surface area contributed by atoms with E-state index in [1.54, 1.807) is 19.2 Å². The number of carbonyl (C=O) groups excluding carboxylic acids is 1. The van der Waals surface area contributed by atoms with Crippen molar-refractivity contribution >= 4 is 12.1 Å². The van der Waals surface area contributed by atoms with E-state index in [0.29, 0.717) is 24.2 Å². The summed E-state index contributed by atoms with van der Waals surface area (Å²) < 4.78 is 10.2. The number of hydrazone groups is 1. The number of amides is 1.